The standard InChI is InChI=1S/C25H34ClNO7/c1-14(2)27-11-18(29)13-33-19-6-3-15(4-7-19)9-17-10-16(5-8-20(17)26)25-24(32)23(31)22(30)21(12-28)34-25/h3-8,10,14,18,21-25,27-32H,9,11-13H2,1-2H3/t18-,21-,22-,23+,24-,25+/m1/s1. The minimum absolute atomic E-state index is 0.187. The molecule has 1 aliphatic heterocycles. The van der Waals surface area contributed by atoms with Gasteiger partial charge in [-0.15, -0.1) is 0 Å². The van der Waals surface area contributed by atoms with Crippen molar-refractivity contribution in [2.45, 2.75) is 62.9 Å². The lowest BCUT2D eigenvalue weighted by molar-refractivity contribution is -0.231. The molecule has 8 nitrogen and oxygen atoms in total. The quantitative estimate of drug-likeness (QED) is 0.290. The summed E-state index contributed by atoms with van der Waals surface area (Å²) in [5.74, 6) is 0.647. The molecule has 0 spiro atoms. The molecule has 1 heterocycles. The predicted molar refractivity (Wildman–Crippen MR) is 128 cm³/mol. The van der Waals surface area contributed by atoms with Gasteiger partial charge in [-0.25, -0.2) is 0 Å². The molecule has 2 aromatic carbocycles. The van der Waals surface area contributed by atoms with E-state index in [0.717, 1.165) is 11.1 Å². The molecule has 1 fully saturated rings. The van der Waals surface area contributed by atoms with E-state index in [1.54, 1.807) is 18.2 Å². The van der Waals surface area contributed by atoms with E-state index in [1.807, 2.05) is 38.1 Å². The van der Waals surface area contributed by atoms with Crippen molar-refractivity contribution in [1.82, 2.24) is 5.32 Å². The number of rotatable bonds is 10. The molecule has 188 valence electrons. The zero-order chi connectivity index (χ0) is 24.8. The van der Waals surface area contributed by atoms with E-state index in [4.69, 9.17) is 21.1 Å². The highest BCUT2D eigenvalue weighted by Gasteiger charge is 2.44. The Kier molecular flexibility index (Phi) is 9.70. The molecular formula is C25H34ClNO7. The average Bonchev–Trinajstić information content (AvgIpc) is 2.82. The Labute approximate surface area is 204 Å². The van der Waals surface area contributed by atoms with Gasteiger partial charge >= 0.3 is 0 Å². The molecule has 0 radical (unpaired) electrons. The van der Waals surface area contributed by atoms with E-state index < -0.39 is 43.2 Å². The largest absolute Gasteiger partial charge is 0.491 e. The predicted octanol–water partition coefficient (Wildman–Crippen LogP) is 1.18. The second-order valence-electron chi connectivity index (χ2n) is 8.95. The van der Waals surface area contributed by atoms with Crippen LogP contribution in [0.1, 0.15) is 36.6 Å². The molecule has 34 heavy (non-hydrogen) atoms. The van der Waals surface area contributed by atoms with Crippen molar-refractivity contribution in [2.75, 3.05) is 19.8 Å². The first kappa shape index (κ1) is 26.8. The molecule has 2 aromatic rings. The third-order valence-electron chi connectivity index (χ3n) is 5.81. The van der Waals surface area contributed by atoms with E-state index in [1.165, 1.54) is 0 Å². The Balaban J connectivity index is 1.65. The highest BCUT2D eigenvalue weighted by molar-refractivity contribution is 6.31. The minimum Gasteiger partial charge on any atom is -0.491 e. The number of hydrogen-bond acceptors (Lipinski definition) is 8. The lowest BCUT2D eigenvalue weighted by atomic mass is 9.90. The van der Waals surface area contributed by atoms with Gasteiger partial charge in [0.05, 0.1) is 6.61 Å². The maximum Gasteiger partial charge on any atom is 0.119 e. The Bertz CT molecular complexity index is 909. The maximum atomic E-state index is 10.4. The first-order chi connectivity index (χ1) is 16.2. The van der Waals surface area contributed by atoms with Crippen LogP contribution in [-0.4, -0.2) is 81.9 Å². The Hall–Kier alpha value is -1.75. The van der Waals surface area contributed by atoms with Crippen LogP contribution in [-0.2, 0) is 11.2 Å². The van der Waals surface area contributed by atoms with Gasteiger partial charge in [0.1, 0.15) is 49.0 Å². The second kappa shape index (κ2) is 12.3. The summed E-state index contributed by atoms with van der Waals surface area (Å²) in [5.41, 5.74) is 2.35. The molecule has 6 atom stereocenters. The first-order valence-corrected chi connectivity index (χ1v) is 11.8. The van der Waals surface area contributed by atoms with Gasteiger partial charge in [-0.3, -0.25) is 0 Å². The molecule has 0 aromatic heterocycles. The number of hydrogen-bond donors (Lipinski definition) is 6. The number of aliphatic hydroxyl groups is 5. The van der Waals surface area contributed by atoms with Crippen LogP contribution in [0.2, 0.25) is 5.02 Å². The SMILES string of the molecule is CC(C)NC[C@@H](O)COc1ccc(Cc2cc([C@@H]3O[C@H](CO)[C@@H](O)[C@H](O)[C@H]3O)ccc2Cl)cc1. The van der Waals surface area contributed by atoms with Crippen LogP contribution in [0.4, 0.5) is 0 Å². The molecule has 0 bridgehead atoms. The number of nitrogens with one attached hydrogen (secondary N) is 1. The summed E-state index contributed by atoms with van der Waals surface area (Å²) in [6.07, 6.45) is -6.20. The molecule has 6 N–H and O–H groups in total. The first-order valence-electron chi connectivity index (χ1n) is 11.4. The van der Waals surface area contributed by atoms with Crippen molar-refractivity contribution in [2.24, 2.45) is 0 Å². The summed E-state index contributed by atoms with van der Waals surface area (Å²) in [7, 11) is 0. The van der Waals surface area contributed by atoms with Crippen molar-refractivity contribution in [3.63, 3.8) is 0 Å². The third-order valence-corrected chi connectivity index (χ3v) is 6.18. The Morgan fingerprint density at radius 1 is 1.03 bits per heavy atom. The van der Waals surface area contributed by atoms with Crippen molar-refractivity contribution in [3.05, 3.63) is 64.2 Å². The molecule has 9 heteroatoms. The van der Waals surface area contributed by atoms with E-state index in [9.17, 15) is 25.5 Å². The van der Waals surface area contributed by atoms with Crippen LogP contribution >= 0.6 is 11.6 Å². The molecule has 0 amide bonds. The number of halogens is 1. The van der Waals surface area contributed by atoms with Gasteiger partial charge in [-0.05, 0) is 41.3 Å². The Morgan fingerprint density at radius 2 is 1.74 bits per heavy atom. The highest BCUT2D eigenvalue weighted by Crippen LogP contribution is 2.34. The molecule has 0 aliphatic carbocycles. The fourth-order valence-electron chi connectivity index (χ4n) is 3.83. The van der Waals surface area contributed by atoms with Gasteiger partial charge in [0.25, 0.3) is 0 Å². The average molecular weight is 496 g/mol. The smallest absolute Gasteiger partial charge is 0.119 e. The number of ether oxygens (including phenoxy) is 2. The van der Waals surface area contributed by atoms with Crippen LogP contribution in [0.25, 0.3) is 0 Å². The number of aliphatic hydroxyl groups excluding tert-OH is 5. The molecule has 0 saturated carbocycles. The van der Waals surface area contributed by atoms with E-state index in [2.05, 4.69) is 5.32 Å². The fourth-order valence-corrected chi connectivity index (χ4v) is 4.02. The molecule has 1 saturated heterocycles. The van der Waals surface area contributed by atoms with Gasteiger partial charge in [-0.1, -0.05) is 49.7 Å². The van der Waals surface area contributed by atoms with Gasteiger partial charge in [-0.2, -0.15) is 0 Å². The summed E-state index contributed by atoms with van der Waals surface area (Å²) >= 11 is 6.41. The van der Waals surface area contributed by atoms with E-state index >= 15 is 0 Å². The molecule has 0 unspecified atom stereocenters. The van der Waals surface area contributed by atoms with Crippen molar-refractivity contribution in [1.29, 1.82) is 0 Å². The summed E-state index contributed by atoms with van der Waals surface area (Å²) in [4.78, 5) is 0. The summed E-state index contributed by atoms with van der Waals surface area (Å²) in [5, 5.41) is 53.6. The van der Waals surface area contributed by atoms with Crippen molar-refractivity contribution in [3.8, 4) is 5.75 Å². The lowest BCUT2D eigenvalue weighted by Gasteiger charge is -2.40. The van der Waals surface area contributed by atoms with Crippen LogP contribution < -0.4 is 10.1 Å². The van der Waals surface area contributed by atoms with E-state index in [-0.39, 0.29) is 6.61 Å². The minimum atomic E-state index is -1.44. The van der Waals surface area contributed by atoms with Crippen LogP contribution in [0.15, 0.2) is 42.5 Å². The molecule has 3 rings (SSSR count). The van der Waals surface area contributed by atoms with Gasteiger partial charge < -0.3 is 40.3 Å². The molecule has 1 aliphatic rings. The zero-order valence-corrected chi connectivity index (χ0v) is 20.1. The topological polar surface area (TPSA) is 132 Å². The van der Waals surface area contributed by atoms with Gasteiger partial charge in [0.2, 0.25) is 0 Å². The lowest BCUT2D eigenvalue weighted by Crippen LogP contribution is -2.55. The molecular weight excluding hydrogens is 462 g/mol. The number of benzene rings is 2. The van der Waals surface area contributed by atoms with Crippen LogP contribution in [0.3, 0.4) is 0 Å². The fraction of sp³-hybridized carbons (Fsp3) is 0.520. The Morgan fingerprint density at radius 3 is 2.38 bits per heavy atom. The van der Waals surface area contributed by atoms with Crippen molar-refractivity contribution < 1.29 is 35.0 Å². The zero-order valence-electron chi connectivity index (χ0n) is 19.3. The third kappa shape index (κ3) is 6.90. The second-order valence-corrected chi connectivity index (χ2v) is 9.36. The van der Waals surface area contributed by atoms with E-state index in [0.29, 0.717) is 35.3 Å². The van der Waals surface area contributed by atoms with Crippen LogP contribution in [0, 0.1) is 0 Å². The monoisotopic (exact) mass is 495 g/mol. The highest BCUT2D eigenvalue weighted by atomic mass is 35.5. The normalized spacial score (nSPS) is 26.0. The van der Waals surface area contributed by atoms with Gasteiger partial charge in [0, 0.05) is 17.6 Å². The summed E-state index contributed by atoms with van der Waals surface area (Å²) < 4.78 is 11.3. The van der Waals surface area contributed by atoms with Crippen molar-refractivity contribution >= 4 is 11.6 Å². The maximum absolute atomic E-state index is 10.4. The van der Waals surface area contributed by atoms with Gasteiger partial charge in [0.15, 0.2) is 0 Å². The summed E-state index contributed by atoms with van der Waals surface area (Å²) in [6.45, 7) is 4.18. The van der Waals surface area contributed by atoms with Crippen LogP contribution in [0.5, 0.6) is 5.75 Å². The summed E-state index contributed by atoms with van der Waals surface area (Å²) in [6, 6.07) is 12.9.